The van der Waals surface area contributed by atoms with Crippen molar-refractivity contribution < 1.29 is 10.6 Å². The Balaban J connectivity index is 4.14. The van der Waals surface area contributed by atoms with E-state index in [1.54, 1.807) is 4.90 Å². The van der Waals surface area contributed by atoms with E-state index in [2.05, 4.69) is 0 Å². The molecule has 0 aliphatic carbocycles. The van der Waals surface area contributed by atoms with Crippen molar-refractivity contribution in [2.24, 2.45) is 0 Å². The quantitative estimate of drug-likeness (QED) is 0.440. The van der Waals surface area contributed by atoms with Crippen LogP contribution in [-0.2, 0) is 4.79 Å². The second-order valence-corrected chi connectivity index (χ2v) is 1.80. The Morgan fingerprint density at radius 3 is 2.50 bits per heavy atom. The van der Waals surface area contributed by atoms with Crippen molar-refractivity contribution in [3.05, 3.63) is 12.0 Å². The Morgan fingerprint density at radius 2 is 2.20 bits per heavy atom. The summed E-state index contributed by atoms with van der Waals surface area (Å²) in [5.41, 5.74) is 0. The van der Waals surface area contributed by atoms with Crippen molar-refractivity contribution in [2.75, 3.05) is 13.1 Å². The fourth-order valence-electron chi connectivity index (χ4n) is 0.593. The molecule has 3 heteroatoms. The second-order valence-electron chi connectivity index (χ2n) is 1.80. The lowest BCUT2D eigenvalue weighted by Gasteiger charge is -2.13. The van der Waals surface area contributed by atoms with Crippen LogP contribution in [-0.4, -0.2) is 24.3 Å². The number of allylic oxidation sites excluding steroid dienone is 1. The second kappa shape index (κ2) is 4.97. The number of rotatable bonds is 4. The summed E-state index contributed by atoms with van der Waals surface area (Å²) in [6, 6.07) is 0. The SMILES string of the molecule is [2H]C(=O)/C(F)=C/N(CC)CC. The molecular formula is C7H12FNO. The first-order valence-electron chi connectivity index (χ1n) is 3.74. The highest BCUT2D eigenvalue weighted by Gasteiger charge is 1.94. The van der Waals surface area contributed by atoms with Crippen LogP contribution in [0.25, 0.3) is 0 Å². The van der Waals surface area contributed by atoms with Crippen molar-refractivity contribution in [1.82, 2.24) is 4.90 Å². The minimum absolute atomic E-state index is 0.636. The largest absolute Gasteiger partial charge is 0.375 e. The fraction of sp³-hybridized carbons (Fsp3) is 0.571. The van der Waals surface area contributed by atoms with Gasteiger partial charge in [0.1, 0.15) is 1.37 Å². The van der Waals surface area contributed by atoms with E-state index in [1.807, 2.05) is 13.8 Å². The van der Waals surface area contributed by atoms with Crippen LogP contribution in [0.5, 0.6) is 0 Å². The average molecular weight is 146 g/mol. The smallest absolute Gasteiger partial charge is 0.179 e. The first-order valence-corrected chi connectivity index (χ1v) is 3.24. The first-order chi connectivity index (χ1) is 5.11. The molecule has 2 nitrogen and oxygen atoms in total. The van der Waals surface area contributed by atoms with Crippen LogP contribution in [0.3, 0.4) is 0 Å². The monoisotopic (exact) mass is 146 g/mol. The van der Waals surface area contributed by atoms with Gasteiger partial charge in [0.15, 0.2) is 12.1 Å². The van der Waals surface area contributed by atoms with Gasteiger partial charge in [-0.15, -0.1) is 0 Å². The predicted molar refractivity (Wildman–Crippen MR) is 38.2 cm³/mol. The van der Waals surface area contributed by atoms with Crippen molar-refractivity contribution in [3.63, 3.8) is 0 Å². The summed E-state index contributed by atoms with van der Waals surface area (Å²) in [7, 11) is 0. The standard InChI is InChI=1S/C7H12FNO/c1-3-9(4-2)5-7(8)6-10/h5-6H,3-4H2,1-2H3/b7-5-/i6D. The molecule has 0 fully saturated rings. The van der Waals surface area contributed by atoms with Crippen molar-refractivity contribution >= 4 is 6.26 Å². The maximum Gasteiger partial charge on any atom is 0.179 e. The van der Waals surface area contributed by atoms with E-state index in [0.29, 0.717) is 13.1 Å². The summed E-state index contributed by atoms with van der Waals surface area (Å²) < 4.78 is 18.9. The zero-order valence-corrected chi connectivity index (χ0v) is 6.22. The van der Waals surface area contributed by atoms with Gasteiger partial charge >= 0.3 is 0 Å². The molecule has 0 saturated carbocycles. The third-order valence-corrected chi connectivity index (χ3v) is 1.21. The zero-order valence-electron chi connectivity index (χ0n) is 7.22. The number of carbonyl (C=O) groups excluding carboxylic acids is 1. The van der Waals surface area contributed by atoms with E-state index < -0.39 is 12.1 Å². The molecule has 0 heterocycles. The highest BCUT2D eigenvalue weighted by atomic mass is 19.1. The van der Waals surface area contributed by atoms with Gasteiger partial charge in [-0.05, 0) is 13.8 Å². The number of nitrogens with zero attached hydrogens (tertiary/aromatic N) is 1. The van der Waals surface area contributed by atoms with Gasteiger partial charge in [0.2, 0.25) is 0 Å². The summed E-state index contributed by atoms with van der Waals surface area (Å²) in [6.45, 7) is 4.97. The van der Waals surface area contributed by atoms with Gasteiger partial charge in [0.25, 0.3) is 0 Å². The molecule has 0 atom stereocenters. The summed E-state index contributed by atoms with van der Waals surface area (Å²) in [4.78, 5) is 11.7. The summed E-state index contributed by atoms with van der Waals surface area (Å²) in [6.07, 6.45) is -0.202. The van der Waals surface area contributed by atoms with Gasteiger partial charge in [0, 0.05) is 19.3 Å². The highest BCUT2D eigenvalue weighted by molar-refractivity contribution is 5.69. The Kier molecular flexibility index (Phi) is 3.60. The molecule has 0 rings (SSSR count). The van der Waals surface area contributed by atoms with E-state index in [0.717, 1.165) is 6.20 Å². The fourth-order valence-corrected chi connectivity index (χ4v) is 0.593. The van der Waals surface area contributed by atoms with Crippen LogP contribution in [0, 0.1) is 0 Å². The Morgan fingerprint density at radius 1 is 1.70 bits per heavy atom. The molecule has 58 valence electrons. The maximum absolute atomic E-state index is 12.4. The summed E-state index contributed by atoms with van der Waals surface area (Å²) >= 11 is 0. The van der Waals surface area contributed by atoms with Gasteiger partial charge < -0.3 is 4.90 Å². The molecule has 0 aliphatic heterocycles. The Hall–Kier alpha value is -0.860. The molecule has 0 aromatic rings. The molecule has 0 bridgehead atoms. The van der Waals surface area contributed by atoms with E-state index in [-0.39, 0.29) is 0 Å². The normalized spacial score (nSPS) is 12.7. The lowest BCUT2D eigenvalue weighted by Crippen LogP contribution is -2.15. The zero-order chi connectivity index (χ0) is 8.85. The number of halogens is 1. The Bertz CT molecular complexity index is 166. The van der Waals surface area contributed by atoms with Crippen LogP contribution in [0.4, 0.5) is 4.39 Å². The van der Waals surface area contributed by atoms with Crippen LogP contribution < -0.4 is 0 Å². The molecule has 0 aliphatic rings. The maximum atomic E-state index is 12.4. The summed E-state index contributed by atoms with van der Waals surface area (Å²) in [5, 5.41) is 0. The molecular weight excluding hydrogens is 133 g/mol. The molecule has 0 N–H and O–H groups in total. The highest BCUT2D eigenvalue weighted by Crippen LogP contribution is 1.95. The lowest BCUT2D eigenvalue weighted by atomic mass is 10.5. The molecule has 10 heavy (non-hydrogen) atoms. The van der Waals surface area contributed by atoms with Crippen LogP contribution >= 0.6 is 0 Å². The van der Waals surface area contributed by atoms with Crippen molar-refractivity contribution in [1.29, 1.82) is 0 Å². The molecule has 0 radical (unpaired) electrons. The topological polar surface area (TPSA) is 20.3 Å². The number of aldehydes is 1. The van der Waals surface area contributed by atoms with Gasteiger partial charge in [-0.25, -0.2) is 4.39 Å². The third kappa shape index (κ3) is 3.22. The van der Waals surface area contributed by atoms with Crippen LogP contribution in [0.15, 0.2) is 12.0 Å². The molecule has 0 amide bonds. The molecule has 0 aromatic carbocycles. The number of hydrogen-bond donors (Lipinski definition) is 0. The Labute approximate surface area is 61.7 Å². The van der Waals surface area contributed by atoms with Gasteiger partial charge in [-0.3, -0.25) is 4.79 Å². The average Bonchev–Trinajstić information content (AvgIpc) is 1.99. The molecule has 0 aromatic heterocycles. The minimum Gasteiger partial charge on any atom is -0.375 e. The lowest BCUT2D eigenvalue weighted by molar-refractivity contribution is -0.106. The van der Waals surface area contributed by atoms with Gasteiger partial charge in [-0.2, -0.15) is 0 Å². The molecule has 0 unspecified atom stereocenters. The van der Waals surface area contributed by atoms with Crippen molar-refractivity contribution in [2.45, 2.75) is 13.8 Å². The third-order valence-electron chi connectivity index (χ3n) is 1.21. The van der Waals surface area contributed by atoms with Crippen molar-refractivity contribution in [3.8, 4) is 0 Å². The molecule has 0 spiro atoms. The van der Waals surface area contributed by atoms with Crippen LogP contribution in [0.1, 0.15) is 15.2 Å². The summed E-state index contributed by atoms with van der Waals surface area (Å²) in [5.74, 6) is -1.01. The van der Waals surface area contributed by atoms with Gasteiger partial charge in [0.05, 0.1) is 0 Å². The number of carbonyl (C=O) groups is 1. The predicted octanol–water partition coefficient (Wildman–Crippen LogP) is 1.34. The van der Waals surface area contributed by atoms with Crippen LogP contribution in [0.2, 0.25) is 0 Å². The van der Waals surface area contributed by atoms with E-state index in [4.69, 9.17) is 1.37 Å². The van der Waals surface area contributed by atoms with Gasteiger partial charge in [-0.1, -0.05) is 0 Å². The molecule has 0 saturated heterocycles. The van der Waals surface area contributed by atoms with E-state index in [1.165, 1.54) is 0 Å². The first kappa shape index (κ1) is 7.25. The minimum atomic E-state index is -1.27. The van der Waals surface area contributed by atoms with E-state index >= 15 is 0 Å². The van der Waals surface area contributed by atoms with E-state index in [9.17, 15) is 9.18 Å². The number of hydrogen-bond acceptors (Lipinski definition) is 2.